The fourth-order valence-electron chi connectivity index (χ4n) is 4.69. The third kappa shape index (κ3) is 4.46. The molecule has 0 radical (unpaired) electrons. The molecule has 1 aliphatic rings. The van der Waals surface area contributed by atoms with Crippen LogP contribution in [0, 0.1) is 12.7 Å². The Kier molecular flexibility index (Phi) is 6.37. The first-order valence-electron chi connectivity index (χ1n) is 11.9. The minimum Gasteiger partial charge on any atom is -0.318 e. The number of piperidine rings is 1. The van der Waals surface area contributed by atoms with Crippen molar-refractivity contribution in [3.05, 3.63) is 63.6 Å². The van der Waals surface area contributed by atoms with Crippen LogP contribution in [0.15, 0.2) is 35.5 Å². The molecule has 2 N–H and O–H groups in total. The fraction of sp³-hybridized carbons (Fsp3) is 0.385. The number of pyridine rings is 2. The SMILES string of the molecule is Cc1c(-c2nc(Nc3ccc(C4CCNCC4)cn3)ncc2F)sc2c(C(C)C)cn(C)c(=O)c12. The van der Waals surface area contributed by atoms with Crippen molar-refractivity contribution in [1.29, 1.82) is 0 Å². The van der Waals surface area contributed by atoms with Gasteiger partial charge in [0, 0.05) is 24.1 Å². The van der Waals surface area contributed by atoms with Crippen LogP contribution in [0.5, 0.6) is 0 Å². The molecule has 0 spiro atoms. The number of anilines is 2. The second-order valence-corrected chi connectivity index (χ2v) is 10.5. The normalized spacial score (nSPS) is 14.7. The summed E-state index contributed by atoms with van der Waals surface area (Å²) in [5.74, 6) is 1.08. The molecule has 1 saturated heterocycles. The highest BCUT2D eigenvalue weighted by molar-refractivity contribution is 7.22. The molecule has 7 nitrogen and oxygen atoms in total. The van der Waals surface area contributed by atoms with Gasteiger partial charge >= 0.3 is 0 Å². The lowest BCUT2D eigenvalue weighted by Crippen LogP contribution is -2.26. The van der Waals surface area contributed by atoms with Crippen LogP contribution in [-0.4, -0.2) is 32.6 Å². The van der Waals surface area contributed by atoms with E-state index in [0.29, 0.717) is 22.0 Å². The van der Waals surface area contributed by atoms with E-state index in [9.17, 15) is 9.18 Å². The molecular weight excluding hydrogens is 463 g/mol. The number of nitrogens with one attached hydrogen (secondary N) is 2. The molecule has 0 bridgehead atoms. The lowest BCUT2D eigenvalue weighted by Gasteiger charge is -2.22. The molecular formula is C26H29FN6OS. The maximum Gasteiger partial charge on any atom is 0.259 e. The van der Waals surface area contributed by atoms with Crippen LogP contribution < -0.4 is 16.2 Å². The minimum absolute atomic E-state index is 0.0877. The number of thiophene rings is 1. The van der Waals surface area contributed by atoms with Crippen molar-refractivity contribution in [2.75, 3.05) is 18.4 Å². The quantitative estimate of drug-likeness (QED) is 0.397. The van der Waals surface area contributed by atoms with Crippen molar-refractivity contribution in [3.63, 3.8) is 0 Å². The van der Waals surface area contributed by atoms with Crippen LogP contribution >= 0.6 is 11.3 Å². The van der Waals surface area contributed by atoms with Crippen LogP contribution in [0.25, 0.3) is 20.7 Å². The molecule has 0 aliphatic carbocycles. The highest BCUT2D eigenvalue weighted by Crippen LogP contribution is 2.40. The zero-order valence-electron chi connectivity index (χ0n) is 20.4. The highest BCUT2D eigenvalue weighted by atomic mass is 32.1. The molecule has 5 rings (SSSR count). The first-order chi connectivity index (χ1) is 16.8. The summed E-state index contributed by atoms with van der Waals surface area (Å²) < 4.78 is 17.4. The number of rotatable bonds is 5. The molecule has 182 valence electrons. The van der Waals surface area contributed by atoms with E-state index in [2.05, 4.69) is 45.5 Å². The van der Waals surface area contributed by atoms with E-state index in [-0.39, 0.29) is 23.1 Å². The summed E-state index contributed by atoms with van der Waals surface area (Å²) in [5, 5.41) is 7.11. The van der Waals surface area contributed by atoms with Crippen LogP contribution in [0.3, 0.4) is 0 Å². The Morgan fingerprint density at radius 1 is 1.20 bits per heavy atom. The van der Waals surface area contributed by atoms with E-state index >= 15 is 0 Å². The van der Waals surface area contributed by atoms with Gasteiger partial charge in [0.15, 0.2) is 5.82 Å². The average molecular weight is 493 g/mol. The Labute approximate surface area is 207 Å². The van der Waals surface area contributed by atoms with E-state index in [4.69, 9.17) is 0 Å². The Hall–Kier alpha value is -3.17. The van der Waals surface area contributed by atoms with Crippen LogP contribution in [0.2, 0.25) is 0 Å². The number of aryl methyl sites for hydroxylation is 2. The summed E-state index contributed by atoms with van der Waals surface area (Å²) in [6, 6.07) is 3.99. The smallest absolute Gasteiger partial charge is 0.259 e. The van der Waals surface area contributed by atoms with Crippen molar-refractivity contribution in [3.8, 4) is 10.6 Å². The monoisotopic (exact) mass is 492 g/mol. The summed E-state index contributed by atoms with van der Waals surface area (Å²) in [6.45, 7) is 8.09. The number of hydrogen-bond donors (Lipinski definition) is 2. The second-order valence-electron chi connectivity index (χ2n) is 9.43. The first kappa shape index (κ1) is 23.6. The lowest BCUT2D eigenvalue weighted by molar-refractivity contribution is 0.459. The Morgan fingerprint density at radius 2 is 1.97 bits per heavy atom. The molecule has 0 saturated carbocycles. The van der Waals surface area contributed by atoms with Crippen molar-refractivity contribution >= 4 is 33.2 Å². The molecule has 0 atom stereocenters. The summed E-state index contributed by atoms with van der Waals surface area (Å²) in [7, 11) is 1.75. The maximum atomic E-state index is 15.0. The summed E-state index contributed by atoms with van der Waals surface area (Å²) in [4.78, 5) is 26.7. The summed E-state index contributed by atoms with van der Waals surface area (Å²) in [6.07, 6.45) is 7.14. The Balaban J connectivity index is 1.49. The first-order valence-corrected chi connectivity index (χ1v) is 12.7. The van der Waals surface area contributed by atoms with Crippen LogP contribution in [0.4, 0.5) is 16.2 Å². The Morgan fingerprint density at radius 3 is 2.66 bits per heavy atom. The van der Waals surface area contributed by atoms with E-state index in [1.165, 1.54) is 23.1 Å². The van der Waals surface area contributed by atoms with Gasteiger partial charge < -0.3 is 15.2 Å². The van der Waals surface area contributed by atoms with Crippen LogP contribution in [-0.2, 0) is 7.05 Å². The van der Waals surface area contributed by atoms with E-state index < -0.39 is 5.82 Å². The molecule has 9 heteroatoms. The van der Waals surface area contributed by atoms with Gasteiger partial charge in [0.2, 0.25) is 5.95 Å². The molecule has 0 unspecified atom stereocenters. The predicted octanol–water partition coefficient (Wildman–Crippen LogP) is 5.23. The number of fused-ring (bicyclic) bond motifs is 1. The number of nitrogens with zero attached hydrogens (tertiary/aromatic N) is 4. The van der Waals surface area contributed by atoms with E-state index in [1.54, 1.807) is 11.6 Å². The maximum absolute atomic E-state index is 15.0. The molecule has 5 heterocycles. The van der Waals surface area contributed by atoms with Crippen LogP contribution in [0.1, 0.15) is 55.2 Å². The minimum atomic E-state index is -0.526. The molecule has 4 aromatic heterocycles. The topological polar surface area (TPSA) is 84.7 Å². The molecule has 1 aliphatic heterocycles. The van der Waals surface area contributed by atoms with Gasteiger partial charge in [0.1, 0.15) is 11.5 Å². The van der Waals surface area contributed by atoms with Gasteiger partial charge in [-0.1, -0.05) is 19.9 Å². The predicted molar refractivity (Wildman–Crippen MR) is 139 cm³/mol. The highest BCUT2D eigenvalue weighted by Gasteiger charge is 2.22. The van der Waals surface area contributed by atoms with Gasteiger partial charge in [-0.2, -0.15) is 0 Å². The number of aromatic nitrogens is 4. The zero-order valence-corrected chi connectivity index (χ0v) is 21.2. The van der Waals surface area contributed by atoms with Crippen molar-refractivity contribution in [2.45, 2.75) is 45.4 Å². The van der Waals surface area contributed by atoms with Crippen molar-refractivity contribution < 1.29 is 4.39 Å². The largest absolute Gasteiger partial charge is 0.318 e. The third-order valence-corrected chi connectivity index (χ3v) is 8.04. The van der Waals surface area contributed by atoms with Gasteiger partial charge in [0.25, 0.3) is 5.56 Å². The van der Waals surface area contributed by atoms with Crippen molar-refractivity contribution in [1.82, 2.24) is 24.8 Å². The summed E-state index contributed by atoms with van der Waals surface area (Å²) in [5.41, 5.74) is 3.12. The second kappa shape index (κ2) is 9.47. The Bertz CT molecular complexity index is 1440. The average Bonchev–Trinajstić information content (AvgIpc) is 3.20. The molecule has 4 aromatic rings. The molecule has 35 heavy (non-hydrogen) atoms. The fourth-order valence-corrected chi connectivity index (χ4v) is 6.14. The summed E-state index contributed by atoms with van der Waals surface area (Å²) >= 11 is 1.41. The van der Waals surface area contributed by atoms with Gasteiger partial charge in [0.05, 0.1) is 16.5 Å². The zero-order chi connectivity index (χ0) is 24.7. The van der Waals surface area contributed by atoms with Crippen molar-refractivity contribution in [2.24, 2.45) is 7.05 Å². The van der Waals surface area contributed by atoms with Gasteiger partial charge in [-0.25, -0.2) is 19.3 Å². The molecule has 0 aromatic carbocycles. The molecule has 1 fully saturated rings. The van der Waals surface area contributed by atoms with E-state index in [0.717, 1.165) is 41.8 Å². The van der Waals surface area contributed by atoms with Gasteiger partial charge in [-0.05, 0) is 67.4 Å². The van der Waals surface area contributed by atoms with E-state index in [1.807, 2.05) is 25.4 Å². The van der Waals surface area contributed by atoms with Gasteiger partial charge in [-0.15, -0.1) is 11.3 Å². The molecule has 0 amide bonds. The lowest BCUT2D eigenvalue weighted by atomic mass is 9.91. The van der Waals surface area contributed by atoms with Gasteiger partial charge in [-0.3, -0.25) is 4.79 Å². The number of hydrogen-bond acceptors (Lipinski definition) is 7. The number of halogens is 1. The standard InChI is InChI=1S/C26H29FN6OS/c1-14(2)18-13-33(4)25(34)21-15(3)23(35-24(18)21)22-19(27)12-30-26(32-22)31-20-6-5-17(11-29-20)16-7-9-28-10-8-16/h5-6,11-14,16,28H,7-10H2,1-4H3,(H,29,30,31,32). The third-order valence-electron chi connectivity index (χ3n) is 6.69.